The Labute approximate surface area is 197 Å². The van der Waals surface area contributed by atoms with Crippen molar-refractivity contribution in [2.75, 3.05) is 0 Å². The first-order chi connectivity index (χ1) is 16.9. The molecular formula is C25H18F2N6O2. The van der Waals surface area contributed by atoms with Gasteiger partial charge in [-0.1, -0.05) is 12.0 Å². The lowest BCUT2D eigenvalue weighted by Gasteiger charge is -2.15. The van der Waals surface area contributed by atoms with Gasteiger partial charge in [-0.2, -0.15) is 15.5 Å². The van der Waals surface area contributed by atoms with Gasteiger partial charge in [0.1, 0.15) is 35.5 Å². The topological polar surface area (TPSA) is 123 Å². The van der Waals surface area contributed by atoms with Gasteiger partial charge < -0.3 is 10.5 Å². The quantitative estimate of drug-likeness (QED) is 0.431. The van der Waals surface area contributed by atoms with Gasteiger partial charge in [0, 0.05) is 37.0 Å². The van der Waals surface area contributed by atoms with Gasteiger partial charge in [0.2, 0.25) is 0 Å². The van der Waals surface area contributed by atoms with Crippen molar-refractivity contribution in [1.29, 1.82) is 5.26 Å². The van der Waals surface area contributed by atoms with E-state index in [2.05, 4.69) is 21.2 Å². The normalized spacial score (nSPS) is 16.6. The molecule has 0 spiro atoms. The smallest absolute Gasteiger partial charge is 0.272 e. The highest BCUT2D eigenvalue weighted by Crippen LogP contribution is 2.42. The van der Waals surface area contributed by atoms with Gasteiger partial charge in [0.25, 0.3) is 5.56 Å². The number of ether oxygens (including phenoxy) is 1. The molecule has 35 heavy (non-hydrogen) atoms. The standard InChI is InChI=1S/C25H18F2N6O2/c1-3-12-7-20(35-21-8-18(21)26)16(9-28)22(23(12)27)24-17(11-30-33(24)2)13-4-5-14-15(6-13)19(10-29)31-32-25(14)34/h1,4-7,11,18,21H,8,10,29H2,2H3,(H,32,34)/t18-,21+/m1/s1. The highest BCUT2D eigenvalue weighted by molar-refractivity contribution is 5.92. The lowest BCUT2D eigenvalue weighted by molar-refractivity contribution is 0.260. The first kappa shape index (κ1) is 22.3. The van der Waals surface area contributed by atoms with Crippen molar-refractivity contribution < 1.29 is 13.5 Å². The largest absolute Gasteiger partial charge is 0.486 e. The van der Waals surface area contributed by atoms with E-state index in [1.807, 2.05) is 6.07 Å². The average Bonchev–Trinajstić information content (AvgIpc) is 3.42. The molecule has 2 aromatic heterocycles. The highest BCUT2D eigenvalue weighted by Gasteiger charge is 2.41. The molecule has 2 aromatic carbocycles. The molecule has 10 heteroatoms. The second-order valence-electron chi connectivity index (χ2n) is 8.14. The van der Waals surface area contributed by atoms with Crippen molar-refractivity contribution in [3.8, 4) is 46.5 Å². The van der Waals surface area contributed by atoms with Crippen molar-refractivity contribution in [2.45, 2.75) is 25.2 Å². The number of halogens is 2. The van der Waals surface area contributed by atoms with E-state index in [0.29, 0.717) is 27.6 Å². The molecular weight excluding hydrogens is 454 g/mol. The van der Waals surface area contributed by atoms with Crippen LogP contribution in [0.3, 0.4) is 0 Å². The number of aryl methyl sites for hydroxylation is 1. The van der Waals surface area contributed by atoms with E-state index >= 15 is 4.39 Å². The summed E-state index contributed by atoms with van der Waals surface area (Å²) in [7, 11) is 1.60. The van der Waals surface area contributed by atoms with E-state index < -0.39 is 18.1 Å². The zero-order valence-electron chi connectivity index (χ0n) is 18.5. The number of H-pyrrole nitrogens is 1. The summed E-state index contributed by atoms with van der Waals surface area (Å²) in [5, 5.41) is 21.6. The van der Waals surface area contributed by atoms with Crippen LogP contribution in [0.15, 0.2) is 35.3 Å². The van der Waals surface area contributed by atoms with E-state index in [1.54, 1.807) is 25.2 Å². The number of terminal acetylenes is 1. The van der Waals surface area contributed by atoms with Crippen molar-refractivity contribution in [3.63, 3.8) is 0 Å². The molecule has 1 aliphatic carbocycles. The molecule has 3 N–H and O–H groups in total. The molecule has 1 saturated carbocycles. The maximum atomic E-state index is 15.7. The number of nitrogens with two attached hydrogens (primary N) is 1. The summed E-state index contributed by atoms with van der Waals surface area (Å²) in [5.41, 5.74) is 6.88. The predicted octanol–water partition coefficient (Wildman–Crippen LogP) is 2.93. The van der Waals surface area contributed by atoms with Crippen LogP contribution in [0.25, 0.3) is 33.2 Å². The summed E-state index contributed by atoms with van der Waals surface area (Å²) in [4.78, 5) is 12.2. The second kappa shape index (κ2) is 8.35. The number of nitrogens with one attached hydrogen (secondary N) is 1. The molecule has 5 rings (SSSR count). The summed E-state index contributed by atoms with van der Waals surface area (Å²) in [6.07, 6.45) is 5.37. The molecule has 0 aliphatic heterocycles. The van der Waals surface area contributed by atoms with Crippen LogP contribution in [0.2, 0.25) is 0 Å². The fourth-order valence-corrected chi connectivity index (χ4v) is 4.08. The number of rotatable bonds is 5. The van der Waals surface area contributed by atoms with Crippen LogP contribution >= 0.6 is 0 Å². The van der Waals surface area contributed by atoms with Crippen molar-refractivity contribution >= 4 is 10.8 Å². The van der Waals surface area contributed by atoms with Crippen LogP contribution in [0.5, 0.6) is 5.75 Å². The highest BCUT2D eigenvalue weighted by atomic mass is 19.1. The maximum absolute atomic E-state index is 15.7. The molecule has 174 valence electrons. The lowest BCUT2D eigenvalue weighted by atomic mass is 9.94. The van der Waals surface area contributed by atoms with Crippen LogP contribution in [-0.4, -0.2) is 32.3 Å². The van der Waals surface area contributed by atoms with Crippen LogP contribution in [-0.2, 0) is 13.6 Å². The monoisotopic (exact) mass is 472 g/mol. The number of hydrogen-bond donors (Lipinski definition) is 2. The van der Waals surface area contributed by atoms with Gasteiger partial charge >= 0.3 is 0 Å². The van der Waals surface area contributed by atoms with Crippen LogP contribution in [0.1, 0.15) is 23.2 Å². The molecule has 1 fully saturated rings. The Kier molecular flexibility index (Phi) is 5.31. The fourth-order valence-electron chi connectivity index (χ4n) is 4.08. The van der Waals surface area contributed by atoms with Crippen molar-refractivity contribution in [2.24, 2.45) is 12.8 Å². The number of benzene rings is 2. The lowest BCUT2D eigenvalue weighted by Crippen LogP contribution is -2.13. The zero-order chi connectivity index (χ0) is 24.9. The molecule has 0 saturated heterocycles. The van der Waals surface area contributed by atoms with Gasteiger partial charge in [0.05, 0.1) is 34.1 Å². The van der Waals surface area contributed by atoms with Gasteiger partial charge in [-0.05, 0) is 17.7 Å². The summed E-state index contributed by atoms with van der Waals surface area (Å²) >= 11 is 0. The number of alkyl halides is 1. The molecule has 0 unspecified atom stereocenters. The third-order valence-corrected chi connectivity index (χ3v) is 5.98. The van der Waals surface area contributed by atoms with Crippen molar-refractivity contribution in [1.82, 2.24) is 20.0 Å². The maximum Gasteiger partial charge on any atom is 0.272 e. The first-order valence-corrected chi connectivity index (χ1v) is 10.7. The van der Waals surface area contributed by atoms with Gasteiger partial charge in [-0.15, -0.1) is 6.42 Å². The number of aromatic amines is 1. The van der Waals surface area contributed by atoms with Gasteiger partial charge in [0.15, 0.2) is 0 Å². The third-order valence-electron chi connectivity index (χ3n) is 5.98. The first-order valence-electron chi connectivity index (χ1n) is 10.7. The Hall–Kier alpha value is -4.54. The summed E-state index contributed by atoms with van der Waals surface area (Å²) < 4.78 is 36.2. The Bertz CT molecular complexity index is 1640. The number of nitrogens with zero attached hydrogens (tertiary/aromatic N) is 4. The zero-order valence-corrected chi connectivity index (χ0v) is 18.5. The van der Waals surface area contributed by atoms with Crippen LogP contribution in [0, 0.1) is 29.5 Å². The molecule has 0 amide bonds. The SMILES string of the molecule is C#Cc1cc(O[C@H]2C[C@H]2F)c(C#N)c(-c2c(-c3ccc4c(=O)[nH]nc(CN)c4c3)cnn2C)c1F. The minimum atomic E-state index is -1.15. The molecule has 0 bridgehead atoms. The molecule has 2 atom stereocenters. The Morgan fingerprint density at radius 3 is 2.80 bits per heavy atom. The third kappa shape index (κ3) is 3.61. The Morgan fingerprint density at radius 1 is 1.37 bits per heavy atom. The Morgan fingerprint density at radius 2 is 2.14 bits per heavy atom. The predicted molar refractivity (Wildman–Crippen MR) is 124 cm³/mol. The minimum Gasteiger partial charge on any atom is -0.486 e. The van der Waals surface area contributed by atoms with Crippen LogP contribution in [0.4, 0.5) is 8.78 Å². The number of fused-ring (bicyclic) bond motifs is 1. The van der Waals surface area contributed by atoms with Crippen molar-refractivity contribution in [3.05, 3.63) is 63.5 Å². The summed E-state index contributed by atoms with van der Waals surface area (Å²) in [5.74, 6) is 1.48. The fraction of sp³-hybridized carbons (Fsp3) is 0.200. The van der Waals surface area contributed by atoms with E-state index in [4.69, 9.17) is 16.9 Å². The number of nitriles is 1. The number of hydrogen-bond acceptors (Lipinski definition) is 6. The molecule has 2 heterocycles. The van der Waals surface area contributed by atoms with E-state index in [9.17, 15) is 14.4 Å². The molecule has 4 aromatic rings. The van der Waals surface area contributed by atoms with Crippen LogP contribution < -0.4 is 16.0 Å². The summed E-state index contributed by atoms with van der Waals surface area (Å²) in [6, 6.07) is 8.23. The Balaban J connectivity index is 1.77. The van der Waals surface area contributed by atoms with E-state index in [1.165, 1.54) is 16.9 Å². The van der Waals surface area contributed by atoms with Gasteiger partial charge in [-0.3, -0.25) is 9.48 Å². The van der Waals surface area contributed by atoms with E-state index in [-0.39, 0.29) is 46.7 Å². The minimum absolute atomic E-state index is 0.00816. The summed E-state index contributed by atoms with van der Waals surface area (Å²) in [6.45, 7) is 0.0888. The average molecular weight is 472 g/mol. The second-order valence-corrected chi connectivity index (χ2v) is 8.14. The molecule has 0 radical (unpaired) electrons. The number of aromatic nitrogens is 4. The molecule has 1 aliphatic rings. The molecule has 8 nitrogen and oxygen atoms in total. The van der Waals surface area contributed by atoms with Gasteiger partial charge in [-0.25, -0.2) is 13.9 Å². The van der Waals surface area contributed by atoms with E-state index in [0.717, 1.165) is 0 Å².